The van der Waals surface area contributed by atoms with Gasteiger partial charge in [0.05, 0.1) is 12.5 Å². The number of hydrogen-bond acceptors (Lipinski definition) is 5. The van der Waals surface area contributed by atoms with Gasteiger partial charge < -0.3 is 20.5 Å². The quantitative estimate of drug-likeness (QED) is 0.658. The number of halogens is 2. The van der Waals surface area contributed by atoms with Crippen LogP contribution in [0.3, 0.4) is 0 Å². The SMILES string of the molecule is CCOc1ccc(Oc2cc(CNC(=O)C3C4CCC(C4)C3N)ccn2)cc1.Cl.Cl. The van der Waals surface area contributed by atoms with Gasteiger partial charge >= 0.3 is 0 Å². The highest BCUT2D eigenvalue weighted by Gasteiger charge is 2.48. The molecular formula is C22H29Cl2N3O3. The summed E-state index contributed by atoms with van der Waals surface area (Å²) in [6, 6.07) is 11.1. The molecule has 1 aromatic heterocycles. The van der Waals surface area contributed by atoms with E-state index in [1.807, 2.05) is 43.3 Å². The van der Waals surface area contributed by atoms with Crippen LogP contribution in [0.5, 0.6) is 17.4 Å². The third kappa shape index (κ3) is 5.36. The predicted molar refractivity (Wildman–Crippen MR) is 121 cm³/mol. The molecule has 2 fully saturated rings. The van der Waals surface area contributed by atoms with Crippen molar-refractivity contribution in [3.05, 3.63) is 48.2 Å². The van der Waals surface area contributed by atoms with Crippen molar-refractivity contribution in [2.45, 2.75) is 38.8 Å². The Balaban J connectivity index is 0.00000160. The van der Waals surface area contributed by atoms with Gasteiger partial charge in [-0.3, -0.25) is 4.79 Å². The van der Waals surface area contributed by atoms with Crippen LogP contribution in [0.4, 0.5) is 0 Å². The molecule has 1 heterocycles. The van der Waals surface area contributed by atoms with Crippen LogP contribution < -0.4 is 20.5 Å². The molecular weight excluding hydrogens is 425 g/mol. The number of carbonyl (C=O) groups excluding carboxylic acids is 1. The molecule has 2 aliphatic carbocycles. The zero-order valence-electron chi connectivity index (χ0n) is 17.0. The number of aromatic nitrogens is 1. The molecule has 30 heavy (non-hydrogen) atoms. The van der Waals surface area contributed by atoms with Gasteiger partial charge in [-0.1, -0.05) is 0 Å². The zero-order valence-corrected chi connectivity index (χ0v) is 18.6. The number of nitrogens with zero attached hydrogens (tertiary/aromatic N) is 1. The largest absolute Gasteiger partial charge is 0.494 e. The number of nitrogens with two attached hydrogens (primary N) is 1. The maximum Gasteiger partial charge on any atom is 0.225 e. The van der Waals surface area contributed by atoms with Gasteiger partial charge in [-0.15, -0.1) is 24.8 Å². The topological polar surface area (TPSA) is 86.5 Å². The van der Waals surface area contributed by atoms with Crippen LogP contribution >= 0.6 is 24.8 Å². The van der Waals surface area contributed by atoms with Gasteiger partial charge in [0.15, 0.2) is 0 Å². The van der Waals surface area contributed by atoms with E-state index in [1.165, 1.54) is 6.42 Å². The fourth-order valence-corrected chi connectivity index (χ4v) is 4.54. The standard InChI is InChI=1S/C22H27N3O3.2ClH/c1-2-27-17-5-7-18(8-6-17)28-19-11-14(9-10-24-19)13-25-22(26)20-15-3-4-16(12-15)21(20)23;;/h5-11,15-16,20-21H,2-4,12-13,23H2,1H3,(H,25,26);2*1H. The zero-order chi connectivity index (χ0) is 19.5. The van der Waals surface area contributed by atoms with Crippen LogP contribution in [0, 0.1) is 17.8 Å². The molecule has 2 aliphatic rings. The molecule has 0 saturated heterocycles. The number of amides is 1. The Labute approximate surface area is 189 Å². The van der Waals surface area contributed by atoms with Gasteiger partial charge in [-0.25, -0.2) is 4.98 Å². The summed E-state index contributed by atoms with van der Waals surface area (Å²) in [4.78, 5) is 16.9. The van der Waals surface area contributed by atoms with Gasteiger partial charge in [-0.2, -0.15) is 0 Å². The molecule has 2 bridgehead atoms. The van der Waals surface area contributed by atoms with Crippen LogP contribution in [-0.4, -0.2) is 23.5 Å². The lowest BCUT2D eigenvalue weighted by atomic mass is 9.84. The second-order valence-electron chi connectivity index (χ2n) is 7.66. The molecule has 1 amide bonds. The van der Waals surface area contributed by atoms with Gasteiger partial charge in [0.1, 0.15) is 11.5 Å². The van der Waals surface area contributed by atoms with Crippen molar-refractivity contribution in [3.63, 3.8) is 0 Å². The van der Waals surface area contributed by atoms with Crippen molar-refractivity contribution in [1.29, 1.82) is 0 Å². The summed E-state index contributed by atoms with van der Waals surface area (Å²) in [5, 5.41) is 3.05. The van der Waals surface area contributed by atoms with Crippen LogP contribution in [0.2, 0.25) is 0 Å². The fraction of sp³-hybridized carbons (Fsp3) is 0.455. The minimum atomic E-state index is -0.0415. The van der Waals surface area contributed by atoms with E-state index in [0.717, 1.165) is 24.2 Å². The number of hydrogen-bond donors (Lipinski definition) is 2. The summed E-state index contributed by atoms with van der Waals surface area (Å²) in [6.07, 6.45) is 5.10. The Morgan fingerprint density at radius 1 is 1.13 bits per heavy atom. The van der Waals surface area contributed by atoms with E-state index in [1.54, 1.807) is 6.20 Å². The van der Waals surface area contributed by atoms with Crippen molar-refractivity contribution in [3.8, 4) is 17.4 Å². The van der Waals surface area contributed by atoms with Crippen molar-refractivity contribution in [2.75, 3.05) is 6.61 Å². The van der Waals surface area contributed by atoms with Gasteiger partial charge in [0, 0.05) is 24.8 Å². The summed E-state index contributed by atoms with van der Waals surface area (Å²) in [6.45, 7) is 3.02. The maximum absolute atomic E-state index is 12.6. The van der Waals surface area contributed by atoms with Gasteiger partial charge in [0.25, 0.3) is 0 Å². The van der Waals surface area contributed by atoms with Gasteiger partial charge in [-0.05, 0) is 73.9 Å². The number of fused-ring (bicyclic) bond motifs is 2. The van der Waals surface area contributed by atoms with E-state index in [2.05, 4.69) is 10.3 Å². The monoisotopic (exact) mass is 453 g/mol. The Hall–Kier alpha value is -2.02. The second-order valence-corrected chi connectivity index (χ2v) is 7.66. The first-order valence-corrected chi connectivity index (χ1v) is 10.0. The van der Waals surface area contributed by atoms with Crippen LogP contribution in [0.25, 0.3) is 0 Å². The summed E-state index contributed by atoms with van der Waals surface area (Å²) >= 11 is 0. The fourth-order valence-electron chi connectivity index (χ4n) is 4.54. The number of carbonyl (C=O) groups is 1. The number of pyridine rings is 1. The lowest BCUT2D eigenvalue weighted by molar-refractivity contribution is -0.127. The number of benzene rings is 1. The smallest absolute Gasteiger partial charge is 0.225 e. The number of rotatable bonds is 7. The molecule has 164 valence electrons. The van der Waals surface area contributed by atoms with Crippen LogP contribution in [0.1, 0.15) is 31.7 Å². The first-order valence-electron chi connectivity index (χ1n) is 10.0. The number of nitrogens with one attached hydrogen (secondary N) is 1. The summed E-state index contributed by atoms with van der Waals surface area (Å²) in [5.41, 5.74) is 7.22. The van der Waals surface area contributed by atoms with E-state index in [0.29, 0.717) is 36.6 Å². The average molecular weight is 454 g/mol. The molecule has 4 atom stereocenters. The Bertz CT molecular complexity index is 833. The molecule has 4 rings (SSSR count). The summed E-state index contributed by atoms with van der Waals surface area (Å²) < 4.78 is 11.2. The van der Waals surface area contributed by atoms with Crippen molar-refractivity contribution < 1.29 is 14.3 Å². The van der Waals surface area contributed by atoms with Crippen LogP contribution in [-0.2, 0) is 11.3 Å². The van der Waals surface area contributed by atoms with E-state index >= 15 is 0 Å². The predicted octanol–water partition coefficient (Wildman–Crippen LogP) is 4.11. The molecule has 8 heteroatoms. The normalized spacial score (nSPS) is 23.8. The summed E-state index contributed by atoms with van der Waals surface area (Å²) in [7, 11) is 0. The molecule has 2 saturated carbocycles. The Morgan fingerprint density at radius 2 is 1.83 bits per heavy atom. The average Bonchev–Trinajstić information content (AvgIpc) is 3.30. The third-order valence-corrected chi connectivity index (χ3v) is 5.91. The molecule has 0 radical (unpaired) electrons. The van der Waals surface area contributed by atoms with E-state index < -0.39 is 0 Å². The summed E-state index contributed by atoms with van der Waals surface area (Å²) in [5.74, 6) is 2.99. The lowest BCUT2D eigenvalue weighted by Crippen LogP contribution is -2.45. The molecule has 6 nitrogen and oxygen atoms in total. The molecule has 0 aliphatic heterocycles. The second kappa shape index (κ2) is 10.8. The molecule has 0 spiro atoms. The first-order chi connectivity index (χ1) is 13.6. The van der Waals surface area contributed by atoms with Gasteiger partial charge in [0.2, 0.25) is 11.8 Å². The Kier molecular flexibility index (Phi) is 8.77. The van der Waals surface area contributed by atoms with E-state index in [4.69, 9.17) is 15.2 Å². The van der Waals surface area contributed by atoms with E-state index in [9.17, 15) is 4.79 Å². The lowest BCUT2D eigenvalue weighted by Gasteiger charge is -2.27. The Morgan fingerprint density at radius 3 is 2.50 bits per heavy atom. The van der Waals surface area contributed by atoms with Crippen molar-refractivity contribution in [2.24, 2.45) is 23.5 Å². The number of ether oxygens (including phenoxy) is 2. The molecule has 4 unspecified atom stereocenters. The highest BCUT2D eigenvalue weighted by molar-refractivity contribution is 5.85. The maximum atomic E-state index is 12.6. The van der Waals surface area contributed by atoms with Crippen molar-refractivity contribution in [1.82, 2.24) is 10.3 Å². The first kappa shape index (κ1) is 24.3. The molecule has 3 N–H and O–H groups in total. The van der Waals surface area contributed by atoms with Crippen molar-refractivity contribution >= 4 is 30.7 Å². The molecule has 2 aromatic rings. The highest BCUT2D eigenvalue weighted by Crippen LogP contribution is 2.47. The minimum absolute atomic E-state index is 0. The minimum Gasteiger partial charge on any atom is -0.494 e. The van der Waals surface area contributed by atoms with E-state index in [-0.39, 0.29) is 42.7 Å². The molecule has 1 aromatic carbocycles. The third-order valence-electron chi connectivity index (χ3n) is 5.91. The highest BCUT2D eigenvalue weighted by atomic mass is 35.5. The van der Waals surface area contributed by atoms with Crippen LogP contribution in [0.15, 0.2) is 42.6 Å².